The maximum absolute atomic E-state index is 13.2. The van der Waals surface area contributed by atoms with E-state index in [1.165, 1.54) is 10.7 Å². The average Bonchev–Trinajstić information content (AvgIpc) is 3.32. The number of halogens is 1. The summed E-state index contributed by atoms with van der Waals surface area (Å²) in [6.45, 7) is 0. The lowest BCUT2D eigenvalue weighted by atomic mass is 9.92. The smallest absolute Gasteiger partial charge is 0.274 e. The predicted octanol–water partition coefficient (Wildman–Crippen LogP) is 1.99. The summed E-state index contributed by atoms with van der Waals surface area (Å²) in [5, 5.41) is 23.3. The number of carbonyl (C=O) groups is 1. The van der Waals surface area contributed by atoms with Gasteiger partial charge >= 0.3 is 0 Å². The maximum Gasteiger partial charge on any atom is 0.274 e. The highest BCUT2D eigenvalue weighted by atomic mass is 19.1. The lowest BCUT2D eigenvalue weighted by Crippen LogP contribution is -2.34. The molecule has 2 saturated carbocycles. The van der Waals surface area contributed by atoms with E-state index in [0.29, 0.717) is 30.2 Å². The summed E-state index contributed by atoms with van der Waals surface area (Å²) < 4.78 is 16.3. The van der Waals surface area contributed by atoms with Crippen LogP contribution in [0.1, 0.15) is 48.5 Å². The largest absolute Gasteiger partial charge is 0.391 e. The van der Waals surface area contributed by atoms with E-state index in [1.807, 2.05) is 0 Å². The molecule has 0 unspecified atom stereocenters. The Morgan fingerprint density at radius 3 is 2.82 bits per heavy atom. The van der Waals surface area contributed by atoms with Crippen molar-refractivity contribution in [1.29, 1.82) is 0 Å². The summed E-state index contributed by atoms with van der Waals surface area (Å²) in [6.07, 6.45) is 5.15. The SMILES string of the molecule is CNc1cc(Nc2cccn([C@@H]3CCCC[C@@H]3O)c2=O)nc2c(C(=O)N[C@@H]3C[C@@H]3F)cnn12. The number of carbonyl (C=O) groups excluding carboxylic acids is 1. The molecule has 3 heterocycles. The number of rotatable bonds is 6. The first kappa shape index (κ1) is 21.4. The number of amides is 1. The topological polar surface area (TPSA) is 126 Å². The van der Waals surface area contributed by atoms with E-state index in [0.717, 1.165) is 19.3 Å². The van der Waals surface area contributed by atoms with Crippen molar-refractivity contribution in [3.8, 4) is 0 Å². The molecule has 2 aliphatic carbocycles. The minimum Gasteiger partial charge on any atom is -0.391 e. The molecule has 3 aromatic rings. The number of aliphatic hydroxyl groups is 1. The number of hydrogen-bond donors (Lipinski definition) is 4. The molecule has 0 radical (unpaired) electrons. The van der Waals surface area contributed by atoms with Gasteiger partial charge in [-0.3, -0.25) is 9.59 Å². The summed E-state index contributed by atoms with van der Waals surface area (Å²) in [4.78, 5) is 30.3. The van der Waals surface area contributed by atoms with Crippen LogP contribution in [0.3, 0.4) is 0 Å². The molecule has 4 N–H and O–H groups in total. The monoisotopic (exact) mass is 455 g/mol. The van der Waals surface area contributed by atoms with E-state index in [1.54, 1.807) is 36.0 Å². The van der Waals surface area contributed by atoms with Crippen LogP contribution >= 0.6 is 0 Å². The fourth-order valence-corrected chi connectivity index (χ4v) is 4.35. The normalized spacial score (nSPS) is 24.5. The third-order valence-electron chi connectivity index (χ3n) is 6.29. The summed E-state index contributed by atoms with van der Waals surface area (Å²) >= 11 is 0. The number of nitrogens with one attached hydrogen (secondary N) is 3. The van der Waals surface area contributed by atoms with Gasteiger partial charge in [0.25, 0.3) is 11.5 Å². The van der Waals surface area contributed by atoms with Crippen LogP contribution in [0, 0.1) is 0 Å². The van der Waals surface area contributed by atoms with Crippen molar-refractivity contribution in [1.82, 2.24) is 24.5 Å². The second kappa shape index (κ2) is 8.47. The summed E-state index contributed by atoms with van der Waals surface area (Å²) in [7, 11) is 1.71. The Hall–Kier alpha value is -3.47. The van der Waals surface area contributed by atoms with Gasteiger partial charge in [0.1, 0.15) is 29.1 Å². The molecular weight excluding hydrogens is 429 g/mol. The minimum absolute atomic E-state index is 0.213. The van der Waals surface area contributed by atoms with Gasteiger partial charge in [0.05, 0.1) is 24.4 Å². The lowest BCUT2D eigenvalue weighted by molar-refractivity contribution is 0.0739. The zero-order chi connectivity index (χ0) is 23.1. The summed E-state index contributed by atoms with van der Waals surface area (Å²) in [5.74, 6) is 0.445. The third-order valence-corrected chi connectivity index (χ3v) is 6.29. The molecule has 174 valence electrons. The Labute approximate surface area is 188 Å². The van der Waals surface area contributed by atoms with Crippen LogP contribution in [0.5, 0.6) is 0 Å². The van der Waals surface area contributed by atoms with Gasteiger partial charge in [0, 0.05) is 25.7 Å². The minimum atomic E-state index is -1.02. The molecule has 3 aromatic heterocycles. The molecule has 0 saturated heterocycles. The molecule has 10 nitrogen and oxygen atoms in total. The van der Waals surface area contributed by atoms with E-state index >= 15 is 0 Å². The Morgan fingerprint density at radius 1 is 1.30 bits per heavy atom. The Balaban J connectivity index is 1.48. The molecule has 0 bridgehead atoms. The highest BCUT2D eigenvalue weighted by Gasteiger charge is 2.39. The number of nitrogens with zero attached hydrogens (tertiary/aromatic N) is 4. The van der Waals surface area contributed by atoms with Gasteiger partial charge in [0.2, 0.25) is 0 Å². The van der Waals surface area contributed by atoms with Crippen LogP contribution in [0.15, 0.2) is 35.4 Å². The maximum atomic E-state index is 13.2. The standard InChI is InChI=1S/C22H26FN7O3/c1-24-19-10-18(28-20-12(11-25-30(19)20)21(32)27-15-9-13(15)23)26-14-5-4-8-29(22(14)33)16-6-2-3-7-17(16)31/h4-5,8,10-11,13,15-17,24,31H,2-3,6-7,9H2,1H3,(H,26,28)(H,27,32)/t13-,15+,16+,17-/m0/s1. The molecule has 0 spiro atoms. The second-order valence-corrected chi connectivity index (χ2v) is 8.58. The number of anilines is 3. The van der Waals surface area contributed by atoms with Crippen LogP contribution in [0.25, 0.3) is 5.65 Å². The van der Waals surface area contributed by atoms with Crippen LogP contribution in [-0.4, -0.2) is 55.5 Å². The molecule has 1 amide bonds. The second-order valence-electron chi connectivity index (χ2n) is 8.58. The fraction of sp³-hybridized carbons (Fsp3) is 0.455. The van der Waals surface area contributed by atoms with Gasteiger partial charge in [-0.25, -0.2) is 9.37 Å². The van der Waals surface area contributed by atoms with Crippen molar-refractivity contribution < 1.29 is 14.3 Å². The molecule has 2 aliphatic rings. The van der Waals surface area contributed by atoms with E-state index in [9.17, 15) is 19.1 Å². The van der Waals surface area contributed by atoms with Crippen LogP contribution in [-0.2, 0) is 0 Å². The molecule has 0 aliphatic heterocycles. The number of aliphatic hydroxyl groups excluding tert-OH is 1. The number of pyridine rings is 1. The lowest BCUT2D eigenvalue weighted by Gasteiger charge is -2.29. The fourth-order valence-electron chi connectivity index (χ4n) is 4.35. The van der Waals surface area contributed by atoms with E-state index in [-0.39, 0.29) is 22.8 Å². The van der Waals surface area contributed by atoms with Gasteiger partial charge in [-0.2, -0.15) is 9.61 Å². The first-order valence-electron chi connectivity index (χ1n) is 11.1. The molecule has 0 aromatic carbocycles. The van der Waals surface area contributed by atoms with Crippen LogP contribution in [0.2, 0.25) is 0 Å². The Bertz CT molecular complexity index is 1260. The first-order chi connectivity index (χ1) is 16.0. The number of hydrogen-bond acceptors (Lipinski definition) is 7. The van der Waals surface area contributed by atoms with Gasteiger partial charge in [-0.05, 0) is 25.0 Å². The van der Waals surface area contributed by atoms with Crippen molar-refractivity contribution in [2.24, 2.45) is 0 Å². The van der Waals surface area contributed by atoms with Gasteiger partial charge in [-0.1, -0.05) is 12.8 Å². The molecular formula is C22H26FN7O3. The predicted molar refractivity (Wildman–Crippen MR) is 121 cm³/mol. The average molecular weight is 455 g/mol. The highest BCUT2D eigenvalue weighted by Crippen LogP contribution is 2.29. The van der Waals surface area contributed by atoms with Crippen molar-refractivity contribution in [3.05, 3.63) is 46.5 Å². The van der Waals surface area contributed by atoms with Crippen LogP contribution in [0.4, 0.5) is 21.7 Å². The molecule has 33 heavy (non-hydrogen) atoms. The zero-order valence-corrected chi connectivity index (χ0v) is 18.2. The molecule has 5 rings (SSSR count). The molecule has 11 heteroatoms. The number of fused-ring (bicyclic) bond motifs is 1. The number of aromatic nitrogens is 4. The van der Waals surface area contributed by atoms with Crippen molar-refractivity contribution in [3.63, 3.8) is 0 Å². The molecule has 2 fully saturated rings. The van der Waals surface area contributed by atoms with E-state index < -0.39 is 24.2 Å². The van der Waals surface area contributed by atoms with Gasteiger partial charge in [0.15, 0.2) is 5.65 Å². The molecule has 4 atom stereocenters. The quantitative estimate of drug-likeness (QED) is 0.448. The van der Waals surface area contributed by atoms with Crippen LogP contribution < -0.4 is 21.5 Å². The third kappa shape index (κ3) is 4.04. The Morgan fingerprint density at radius 2 is 2.09 bits per heavy atom. The van der Waals surface area contributed by atoms with Gasteiger partial charge in [-0.15, -0.1) is 0 Å². The zero-order valence-electron chi connectivity index (χ0n) is 18.2. The Kier molecular flexibility index (Phi) is 5.49. The highest BCUT2D eigenvalue weighted by molar-refractivity contribution is 6.00. The van der Waals surface area contributed by atoms with E-state index in [2.05, 4.69) is 26.0 Å². The van der Waals surface area contributed by atoms with Crippen molar-refractivity contribution >= 4 is 28.9 Å². The van der Waals surface area contributed by atoms with E-state index in [4.69, 9.17) is 0 Å². The summed E-state index contributed by atoms with van der Waals surface area (Å²) in [5.41, 5.74) is 0.533. The van der Waals surface area contributed by atoms with Crippen molar-refractivity contribution in [2.75, 3.05) is 17.7 Å². The van der Waals surface area contributed by atoms with Gasteiger partial charge < -0.3 is 25.6 Å². The van der Waals surface area contributed by atoms with Crippen molar-refractivity contribution in [2.45, 2.75) is 56.5 Å². The first-order valence-corrected chi connectivity index (χ1v) is 11.1. The number of alkyl halides is 1. The summed E-state index contributed by atoms with van der Waals surface area (Å²) in [6, 6.07) is 4.34.